The summed E-state index contributed by atoms with van der Waals surface area (Å²) >= 11 is 0. The van der Waals surface area contributed by atoms with E-state index in [1.807, 2.05) is 19.9 Å². The summed E-state index contributed by atoms with van der Waals surface area (Å²) in [6.45, 7) is 3.64. The van der Waals surface area contributed by atoms with Gasteiger partial charge in [0, 0.05) is 11.6 Å². The largest absolute Gasteiger partial charge is 0.464 e. The molecule has 2 aromatic rings. The molecule has 128 valence electrons. The minimum absolute atomic E-state index is 0.0229. The summed E-state index contributed by atoms with van der Waals surface area (Å²) in [5, 5.41) is 2.81. The fraction of sp³-hybridized carbons (Fsp3) is 0.353. The van der Waals surface area contributed by atoms with Crippen molar-refractivity contribution in [3.63, 3.8) is 0 Å². The minimum Gasteiger partial charge on any atom is -0.464 e. The number of carbonyl (C=O) groups is 1. The van der Waals surface area contributed by atoms with Crippen LogP contribution in [0.4, 0.5) is 0 Å². The molecule has 2 N–H and O–H groups in total. The topological polar surface area (TPSA) is 88.4 Å². The molecule has 0 radical (unpaired) electrons. The Labute approximate surface area is 141 Å². The van der Waals surface area contributed by atoms with E-state index in [0.717, 1.165) is 18.6 Å². The van der Waals surface area contributed by atoms with Crippen LogP contribution in [0.3, 0.4) is 0 Å². The van der Waals surface area contributed by atoms with Gasteiger partial charge in [-0.3, -0.25) is 4.79 Å². The molecule has 24 heavy (non-hydrogen) atoms. The molecule has 1 heterocycles. The molecule has 0 aliphatic heterocycles. The average Bonchev–Trinajstić information content (AvgIpc) is 3.23. The highest BCUT2D eigenvalue weighted by atomic mass is 32.2. The number of hydrogen-bond acceptors (Lipinski definition) is 4. The number of furan rings is 1. The number of amides is 1. The molecule has 6 nitrogen and oxygen atoms in total. The molecule has 1 saturated carbocycles. The van der Waals surface area contributed by atoms with Gasteiger partial charge in [0.15, 0.2) is 0 Å². The molecule has 1 aromatic heterocycles. The second-order valence-corrected chi connectivity index (χ2v) is 7.78. The Balaban J connectivity index is 1.74. The lowest BCUT2D eigenvalue weighted by Crippen LogP contribution is -2.28. The lowest BCUT2D eigenvalue weighted by molar-refractivity contribution is 0.0935. The quantitative estimate of drug-likeness (QED) is 0.839. The Hall–Kier alpha value is -2.12. The predicted molar refractivity (Wildman–Crippen MR) is 89.1 cm³/mol. The summed E-state index contributed by atoms with van der Waals surface area (Å²) in [7, 11) is -3.58. The third-order valence-corrected chi connectivity index (χ3v) is 5.36. The number of benzene rings is 1. The summed E-state index contributed by atoms with van der Waals surface area (Å²) in [6.07, 6.45) is 1.72. The number of rotatable bonds is 6. The third kappa shape index (κ3) is 3.85. The van der Waals surface area contributed by atoms with Gasteiger partial charge in [-0.15, -0.1) is 0 Å². The van der Waals surface area contributed by atoms with Crippen molar-refractivity contribution in [2.24, 2.45) is 0 Å². The van der Waals surface area contributed by atoms with Crippen LogP contribution >= 0.6 is 0 Å². The first-order chi connectivity index (χ1) is 11.3. The standard InChI is InChI=1S/C17H20N2O4S/c1-11-6-9-16(23-11)12(2)18-17(20)13-4-3-5-15(10-13)24(21,22)19-14-7-8-14/h3-6,9-10,12,14,19H,7-8H2,1-2H3,(H,18,20). The summed E-state index contributed by atoms with van der Waals surface area (Å²) in [6, 6.07) is 9.38. The monoisotopic (exact) mass is 348 g/mol. The van der Waals surface area contributed by atoms with Gasteiger partial charge in [-0.25, -0.2) is 13.1 Å². The van der Waals surface area contributed by atoms with E-state index in [-0.39, 0.29) is 22.9 Å². The van der Waals surface area contributed by atoms with E-state index < -0.39 is 10.0 Å². The number of nitrogens with one attached hydrogen (secondary N) is 2. The van der Waals surface area contributed by atoms with E-state index in [0.29, 0.717) is 11.3 Å². The Morgan fingerprint density at radius 1 is 1.25 bits per heavy atom. The zero-order valence-electron chi connectivity index (χ0n) is 13.6. The van der Waals surface area contributed by atoms with Gasteiger partial charge in [0.05, 0.1) is 10.9 Å². The van der Waals surface area contributed by atoms with E-state index >= 15 is 0 Å². The van der Waals surface area contributed by atoms with Gasteiger partial charge < -0.3 is 9.73 Å². The molecular formula is C17H20N2O4S. The van der Waals surface area contributed by atoms with Gasteiger partial charge in [0.1, 0.15) is 11.5 Å². The van der Waals surface area contributed by atoms with E-state index in [9.17, 15) is 13.2 Å². The highest BCUT2D eigenvalue weighted by Gasteiger charge is 2.28. The molecule has 3 rings (SSSR count). The smallest absolute Gasteiger partial charge is 0.251 e. The van der Waals surface area contributed by atoms with Crippen molar-refractivity contribution in [3.05, 3.63) is 53.5 Å². The Morgan fingerprint density at radius 2 is 2.00 bits per heavy atom. The zero-order valence-corrected chi connectivity index (χ0v) is 14.4. The Kier molecular flexibility index (Phi) is 4.47. The van der Waals surface area contributed by atoms with Gasteiger partial charge in [-0.05, 0) is 57.0 Å². The van der Waals surface area contributed by atoms with Crippen molar-refractivity contribution in [2.75, 3.05) is 0 Å². The van der Waals surface area contributed by atoms with Crippen LogP contribution in [0.25, 0.3) is 0 Å². The maximum absolute atomic E-state index is 12.4. The summed E-state index contributed by atoms with van der Waals surface area (Å²) in [5.74, 6) is 1.07. The third-order valence-electron chi connectivity index (χ3n) is 3.84. The number of carbonyl (C=O) groups excluding carboxylic acids is 1. The first kappa shape index (κ1) is 16.7. The molecule has 1 aliphatic rings. The molecule has 1 atom stereocenters. The molecule has 1 unspecified atom stereocenters. The van der Waals surface area contributed by atoms with E-state index in [4.69, 9.17) is 4.42 Å². The van der Waals surface area contributed by atoms with Gasteiger partial charge in [-0.1, -0.05) is 6.07 Å². The number of hydrogen-bond donors (Lipinski definition) is 2. The predicted octanol–water partition coefficient (Wildman–Crippen LogP) is 2.52. The molecule has 7 heteroatoms. The van der Waals surface area contributed by atoms with E-state index in [1.54, 1.807) is 18.2 Å². The van der Waals surface area contributed by atoms with Crippen LogP contribution in [-0.4, -0.2) is 20.4 Å². The van der Waals surface area contributed by atoms with Crippen LogP contribution in [0.1, 0.15) is 47.7 Å². The number of sulfonamides is 1. The van der Waals surface area contributed by atoms with Crippen LogP contribution in [0.5, 0.6) is 0 Å². The minimum atomic E-state index is -3.58. The number of aryl methyl sites for hydroxylation is 1. The van der Waals surface area contributed by atoms with Crippen molar-refractivity contribution >= 4 is 15.9 Å². The van der Waals surface area contributed by atoms with Crippen LogP contribution in [0.15, 0.2) is 45.7 Å². The van der Waals surface area contributed by atoms with Crippen molar-refractivity contribution in [3.8, 4) is 0 Å². The lowest BCUT2D eigenvalue weighted by atomic mass is 10.2. The van der Waals surface area contributed by atoms with Crippen molar-refractivity contribution in [2.45, 2.75) is 43.7 Å². The molecule has 0 saturated heterocycles. The molecule has 1 aliphatic carbocycles. The average molecular weight is 348 g/mol. The first-order valence-electron chi connectivity index (χ1n) is 7.85. The maximum Gasteiger partial charge on any atom is 0.251 e. The van der Waals surface area contributed by atoms with Gasteiger partial charge in [-0.2, -0.15) is 0 Å². The molecule has 0 spiro atoms. The second-order valence-electron chi connectivity index (χ2n) is 6.07. The lowest BCUT2D eigenvalue weighted by Gasteiger charge is -2.12. The van der Waals surface area contributed by atoms with Crippen molar-refractivity contribution in [1.82, 2.24) is 10.0 Å². The summed E-state index contributed by atoms with van der Waals surface area (Å²) in [5.41, 5.74) is 0.295. The second kappa shape index (κ2) is 6.41. The summed E-state index contributed by atoms with van der Waals surface area (Å²) in [4.78, 5) is 12.5. The molecule has 1 fully saturated rings. The van der Waals surface area contributed by atoms with Crippen molar-refractivity contribution in [1.29, 1.82) is 0 Å². The molecule has 0 bridgehead atoms. The van der Waals surface area contributed by atoms with Gasteiger partial charge in [0.25, 0.3) is 5.91 Å². The van der Waals surface area contributed by atoms with Gasteiger partial charge in [0.2, 0.25) is 10.0 Å². The fourth-order valence-corrected chi connectivity index (χ4v) is 3.68. The van der Waals surface area contributed by atoms with Crippen LogP contribution in [0.2, 0.25) is 0 Å². The van der Waals surface area contributed by atoms with Crippen LogP contribution in [0, 0.1) is 6.92 Å². The van der Waals surface area contributed by atoms with Crippen molar-refractivity contribution < 1.29 is 17.6 Å². The maximum atomic E-state index is 12.4. The Bertz CT molecular complexity index is 853. The molecular weight excluding hydrogens is 328 g/mol. The highest BCUT2D eigenvalue weighted by Crippen LogP contribution is 2.23. The Morgan fingerprint density at radius 3 is 2.62 bits per heavy atom. The van der Waals surface area contributed by atoms with E-state index in [1.165, 1.54) is 12.1 Å². The zero-order chi connectivity index (χ0) is 17.3. The molecule has 1 aromatic carbocycles. The first-order valence-corrected chi connectivity index (χ1v) is 9.33. The molecule has 1 amide bonds. The van der Waals surface area contributed by atoms with Gasteiger partial charge >= 0.3 is 0 Å². The fourth-order valence-electron chi connectivity index (χ4n) is 2.33. The normalized spacial score (nSPS) is 15.9. The highest BCUT2D eigenvalue weighted by molar-refractivity contribution is 7.89. The van der Waals surface area contributed by atoms with E-state index in [2.05, 4.69) is 10.0 Å². The van der Waals surface area contributed by atoms with Crippen LogP contribution in [-0.2, 0) is 10.0 Å². The SMILES string of the molecule is Cc1ccc(C(C)NC(=O)c2cccc(S(=O)(=O)NC3CC3)c2)o1. The van der Waals surface area contributed by atoms with Crippen LogP contribution < -0.4 is 10.0 Å². The summed E-state index contributed by atoms with van der Waals surface area (Å²) < 4.78 is 32.6.